The topological polar surface area (TPSA) is 26.3 Å². The summed E-state index contributed by atoms with van der Waals surface area (Å²) in [7, 11) is 1.61. The Morgan fingerprint density at radius 2 is 2.00 bits per heavy atom. The van der Waals surface area contributed by atoms with Crippen LogP contribution >= 0.6 is 23.2 Å². The Bertz CT molecular complexity index is 608. The first-order chi connectivity index (χ1) is 8.54. The molecule has 1 atom stereocenters. The standard InChI is InChI=1S/C14H12Cl2O2/c1-8(14(16)17)13-11-5-4-10(18-2)7-9(11)3-6-12(13)15/h3-8H,1-2H3. The first kappa shape index (κ1) is 13.2. The van der Waals surface area contributed by atoms with Gasteiger partial charge in [-0.05, 0) is 46.1 Å². The van der Waals surface area contributed by atoms with Crippen molar-refractivity contribution in [3.63, 3.8) is 0 Å². The summed E-state index contributed by atoms with van der Waals surface area (Å²) in [6, 6.07) is 9.31. The smallest absolute Gasteiger partial charge is 0.228 e. The van der Waals surface area contributed by atoms with Gasteiger partial charge in [0.15, 0.2) is 0 Å². The number of methoxy groups -OCH3 is 1. The molecule has 2 aromatic rings. The fourth-order valence-electron chi connectivity index (χ4n) is 1.99. The molecular formula is C14H12Cl2O2. The fourth-order valence-corrected chi connectivity index (χ4v) is 2.42. The van der Waals surface area contributed by atoms with E-state index in [-0.39, 0.29) is 0 Å². The molecule has 0 aromatic heterocycles. The molecule has 0 radical (unpaired) electrons. The van der Waals surface area contributed by atoms with Crippen LogP contribution in [0.3, 0.4) is 0 Å². The van der Waals surface area contributed by atoms with Gasteiger partial charge in [-0.1, -0.05) is 30.7 Å². The predicted molar refractivity (Wildman–Crippen MR) is 74.8 cm³/mol. The Balaban J connectivity index is 2.71. The zero-order valence-corrected chi connectivity index (χ0v) is 11.5. The van der Waals surface area contributed by atoms with E-state index in [2.05, 4.69) is 0 Å². The minimum atomic E-state index is -0.434. The number of carbonyl (C=O) groups excluding carboxylic acids is 1. The van der Waals surface area contributed by atoms with E-state index in [1.54, 1.807) is 20.1 Å². The first-order valence-corrected chi connectivity index (χ1v) is 6.25. The van der Waals surface area contributed by atoms with Crippen LogP contribution in [0.15, 0.2) is 30.3 Å². The third-order valence-electron chi connectivity index (χ3n) is 2.99. The highest BCUT2D eigenvalue weighted by molar-refractivity contribution is 6.64. The molecule has 0 aliphatic heterocycles. The van der Waals surface area contributed by atoms with Crippen molar-refractivity contribution in [2.24, 2.45) is 0 Å². The predicted octanol–water partition coefficient (Wildman–Crippen LogP) is 4.37. The molecule has 0 amide bonds. The summed E-state index contributed by atoms with van der Waals surface area (Å²) in [5, 5.41) is 2.03. The van der Waals surface area contributed by atoms with E-state index >= 15 is 0 Å². The molecule has 4 heteroatoms. The molecular weight excluding hydrogens is 271 g/mol. The Hall–Kier alpha value is -1.25. The molecule has 0 N–H and O–H groups in total. The van der Waals surface area contributed by atoms with Gasteiger partial charge in [-0.25, -0.2) is 0 Å². The normalized spacial score (nSPS) is 12.4. The van der Waals surface area contributed by atoms with Crippen molar-refractivity contribution in [1.82, 2.24) is 0 Å². The van der Waals surface area contributed by atoms with Crippen molar-refractivity contribution in [2.75, 3.05) is 7.11 Å². The zero-order valence-electron chi connectivity index (χ0n) is 10.0. The van der Waals surface area contributed by atoms with Gasteiger partial charge in [0.2, 0.25) is 5.24 Å². The molecule has 0 fully saturated rings. The molecule has 0 bridgehead atoms. The number of halogens is 2. The molecule has 94 valence electrons. The Kier molecular flexibility index (Phi) is 3.79. The van der Waals surface area contributed by atoms with Gasteiger partial charge in [0.05, 0.1) is 13.0 Å². The fraction of sp³-hybridized carbons (Fsp3) is 0.214. The van der Waals surface area contributed by atoms with Gasteiger partial charge >= 0.3 is 0 Å². The summed E-state index contributed by atoms with van der Waals surface area (Å²) >= 11 is 11.7. The number of hydrogen-bond acceptors (Lipinski definition) is 2. The van der Waals surface area contributed by atoms with Crippen LogP contribution in [0.5, 0.6) is 5.75 Å². The third kappa shape index (κ3) is 2.31. The number of fused-ring (bicyclic) bond motifs is 1. The second-order valence-corrected chi connectivity index (χ2v) is 4.85. The van der Waals surface area contributed by atoms with E-state index in [4.69, 9.17) is 27.9 Å². The average molecular weight is 283 g/mol. The second kappa shape index (κ2) is 5.17. The van der Waals surface area contributed by atoms with Crippen LogP contribution in [-0.2, 0) is 4.79 Å². The maximum atomic E-state index is 11.3. The van der Waals surface area contributed by atoms with E-state index < -0.39 is 11.2 Å². The zero-order chi connectivity index (χ0) is 13.3. The van der Waals surface area contributed by atoms with Crippen molar-refractivity contribution in [3.8, 4) is 5.75 Å². The molecule has 0 aliphatic rings. The van der Waals surface area contributed by atoms with E-state index in [0.29, 0.717) is 5.02 Å². The van der Waals surface area contributed by atoms with Gasteiger partial charge in [-0.2, -0.15) is 0 Å². The van der Waals surface area contributed by atoms with E-state index in [9.17, 15) is 4.79 Å². The van der Waals surface area contributed by atoms with Crippen molar-refractivity contribution in [1.29, 1.82) is 0 Å². The molecule has 0 aliphatic carbocycles. The first-order valence-electron chi connectivity index (χ1n) is 5.50. The van der Waals surface area contributed by atoms with Crippen LogP contribution in [0, 0.1) is 0 Å². The van der Waals surface area contributed by atoms with Crippen LogP contribution in [0.1, 0.15) is 18.4 Å². The van der Waals surface area contributed by atoms with Crippen LogP contribution in [0.25, 0.3) is 10.8 Å². The van der Waals surface area contributed by atoms with Crippen molar-refractivity contribution in [2.45, 2.75) is 12.8 Å². The monoisotopic (exact) mass is 282 g/mol. The Morgan fingerprint density at radius 1 is 1.28 bits per heavy atom. The minimum absolute atomic E-state index is 0.416. The molecule has 2 aromatic carbocycles. The maximum absolute atomic E-state index is 11.3. The lowest BCUT2D eigenvalue weighted by atomic mass is 9.95. The van der Waals surface area contributed by atoms with E-state index in [1.807, 2.05) is 24.3 Å². The molecule has 0 heterocycles. The van der Waals surface area contributed by atoms with Crippen LogP contribution in [-0.4, -0.2) is 12.4 Å². The third-order valence-corrected chi connectivity index (χ3v) is 3.65. The van der Waals surface area contributed by atoms with Crippen molar-refractivity contribution < 1.29 is 9.53 Å². The largest absolute Gasteiger partial charge is 0.497 e. The average Bonchev–Trinajstić information content (AvgIpc) is 2.37. The number of ether oxygens (including phenoxy) is 1. The molecule has 18 heavy (non-hydrogen) atoms. The summed E-state index contributed by atoms with van der Waals surface area (Å²) < 4.78 is 5.17. The molecule has 1 unspecified atom stereocenters. The highest BCUT2D eigenvalue weighted by Crippen LogP contribution is 2.34. The lowest BCUT2D eigenvalue weighted by Crippen LogP contribution is -2.03. The molecule has 2 rings (SSSR count). The van der Waals surface area contributed by atoms with Gasteiger partial charge in [0.25, 0.3) is 0 Å². The van der Waals surface area contributed by atoms with E-state index in [0.717, 1.165) is 22.1 Å². The Labute approximate surface area is 115 Å². The minimum Gasteiger partial charge on any atom is -0.497 e. The van der Waals surface area contributed by atoms with Gasteiger partial charge in [-0.3, -0.25) is 4.79 Å². The van der Waals surface area contributed by atoms with E-state index in [1.165, 1.54) is 0 Å². The molecule has 2 nitrogen and oxygen atoms in total. The van der Waals surface area contributed by atoms with Gasteiger partial charge in [-0.15, -0.1) is 0 Å². The Morgan fingerprint density at radius 3 is 2.61 bits per heavy atom. The highest BCUT2D eigenvalue weighted by atomic mass is 35.5. The lowest BCUT2D eigenvalue weighted by Gasteiger charge is -2.13. The number of benzene rings is 2. The van der Waals surface area contributed by atoms with Crippen LogP contribution in [0.2, 0.25) is 5.02 Å². The lowest BCUT2D eigenvalue weighted by molar-refractivity contribution is -0.112. The van der Waals surface area contributed by atoms with Gasteiger partial charge in [0.1, 0.15) is 5.75 Å². The number of carbonyl (C=O) groups is 1. The van der Waals surface area contributed by atoms with Crippen LogP contribution < -0.4 is 4.74 Å². The maximum Gasteiger partial charge on any atom is 0.228 e. The summed E-state index contributed by atoms with van der Waals surface area (Å²) in [6.07, 6.45) is 0. The number of rotatable bonds is 3. The summed E-state index contributed by atoms with van der Waals surface area (Å²) in [4.78, 5) is 11.3. The van der Waals surface area contributed by atoms with Gasteiger partial charge in [0, 0.05) is 5.02 Å². The SMILES string of the molecule is COc1ccc2c(C(C)C(=O)Cl)c(Cl)ccc2c1. The summed E-state index contributed by atoms with van der Waals surface area (Å²) in [6.45, 7) is 1.75. The quantitative estimate of drug-likeness (QED) is 0.782. The van der Waals surface area contributed by atoms with Crippen molar-refractivity contribution >= 4 is 39.2 Å². The molecule has 0 spiro atoms. The number of hydrogen-bond donors (Lipinski definition) is 0. The highest BCUT2D eigenvalue weighted by Gasteiger charge is 2.19. The summed E-state index contributed by atoms with van der Waals surface area (Å²) in [5.41, 5.74) is 0.761. The van der Waals surface area contributed by atoms with Crippen molar-refractivity contribution in [3.05, 3.63) is 40.9 Å². The molecule has 0 saturated heterocycles. The van der Waals surface area contributed by atoms with Gasteiger partial charge < -0.3 is 4.74 Å². The van der Waals surface area contributed by atoms with Crippen LogP contribution in [0.4, 0.5) is 0 Å². The second-order valence-electron chi connectivity index (χ2n) is 4.07. The molecule has 0 saturated carbocycles. The summed E-state index contributed by atoms with van der Waals surface area (Å²) in [5.74, 6) is 0.330.